The molecule has 1 heterocycles. The number of ether oxygens (including phenoxy) is 2. The molecule has 1 aromatic heterocycles. The fraction of sp³-hybridized carbons (Fsp3) is 0.333. The highest BCUT2D eigenvalue weighted by Gasteiger charge is 2.06. The summed E-state index contributed by atoms with van der Waals surface area (Å²) < 4.78 is 10.2. The van der Waals surface area contributed by atoms with E-state index in [4.69, 9.17) is 9.47 Å². The highest BCUT2D eigenvalue weighted by Crippen LogP contribution is 2.21. The van der Waals surface area contributed by atoms with E-state index < -0.39 is 0 Å². The van der Waals surface area contributed by atoms with E-state index in [1.54, 1.807) is 26.5 Å². The average Bonchev–Trinajstić information content (AvgIpc) is 2.38. The molecule has 0 unspecified atom stereocenters. The molecule has 92 valence electrons. The lowest BCUT2D eigenvalue weighted by molar-refractivity contribution is -0.116. The number of amides is 1. The maximum Gasteiger partial charge on any atom is 0.243 e. The molecule has 1 N–H and O–H groups in total. The number of hydrogen-bond acceptors (Lipinski definition) is 4. The van der Waals surface area contributed by atoms with Gasteiger partial charge >= 0.3 is 0 Å². The monoisotopic (exact) mass is 236 g/mol. The van der Waals surface area contributed by atoms with Crippen molar-refractivity contribution in [2.45, 2.75) is 6.42 Å². The Morgan fingerprint density at radius 3 is 2.88 bits per heavy atom. The van der Waals surface area contributed by atoms with Crippen LogP contribution in [0.1, 0.15) is 5.56 Å². The van der Waals surface area contributed by atoms with Gasteiger partial charge in [-0.05, 0) is 12.5 Å². The minimum atomic E-state index is -0.189. The van der Waals surface area contributed by atoms with Crippen LogP contribution in [0, 0.1) is 0 Å². The maximum absolute atomic E-state index is 11.0. The van der Waals surface area contributed by atoms with Gasteiger partial charge in [-0.2, -0.15) is 0 Å². The van der Waals surface area contributed by atoms with Crippen molar-refractivity contribution in [3.8, 4) is 11.6 Å². The van der Waals surface area contributed by atoms with Crippen LogP contribution in [0.4, 0.5) is 0 Å². The van der Waals surface area contributed by atoms with Gasteiger partial charge in [0, 0.05) is 24.4 Å². The number of hydrogen-bond donors (Lipinski definition) is 1. The second-order valence-corrected chi connectivity index (χ2v) is 3.28. The zero-order chi connectivity index (χ0) is 12.7. The van der Waals surface area contributed by atoms with Crippen molar-refractivity contribution < 1.29 is 14.3 Å². The van der Waals surface area contributed by atoms with Gasteiger partial charge in [-0.3, -0.25) is 4.79 Å². The Labute approximate surface area is 100 Å². The molecule has 1 rings (SSSR count). The molecule has 0 bridgehead atoms. The van der Waals surface area contributed by atoms with E-state index in [1.165, 1.54) is 6.08 Å². The number of nitrogens with one attached hydrogen (secondary N) is 1. The first kappa shape index (κ1) is 13.0. The van der Waals surface area contributed by atoms with Crippen LogP contribution < -0.4 is 14.8 Å². The summed E-state index contributed by atoms with van der Waals surface area (Å²) in [6.07, 6.45) is 3.56. The van der Waals surface area contributed by atoms with E-state index in [2.05, 4.69) is 16.9 Å². The van der Waals surface area contributed by atoms with Gasteiger partial charge in [0.05, 0.1) is 14.2 Å². The third kappa shape index (κ3) is 3.79. The molecule has 5 nitrogen and oxygen atoms in total. The second-order valence-electron chi connectivity index (χ2n) is 3.28. The Morgan fingerprint density at radius 1 is 1.53 bits per heavy atom. The summed E-state index contributed by atoms with van der Waals surface area (Å²) >= 11 is 0. The third-order valence-electron chi connectivity index (χ3n) is 2.23. The third-order valence-corrected chi connectivity index (χ3v) is 2.23. The number of rotatable bonds is 6. The zero-order valence-electron chi connectivity index (χ0n) is 10.0. The molecule has 0 saturated carbocycles. The molecule has 5 heteroatoms. The molecule has 0 atom stereocenters. The van der Waals surface area contributed by atoms with E-state index >= 15 is 0 Å². The summed E-state index contributed by atoms with van der Waals surface area (Å²) in [5.74, 6) is 1.01. The molecule has 0 aromatic carbocycles. The normalized spacial score (nSPS) is 9.53. The van der Waals surface area contributed by atoms with Crippen molar-refractivity contribution in [1.29, 1.82) is 0 Å². The van der Waals surface area contributed by atoms with Crippen molar-refractivity contribution in [3.05, 3.63) is 30.5 Å². The van der Waals surface area contributed by atoms with Gasteiger partial charge in [0.15, 0.2) is 0 Å². The molecular formula is C12H16N2O3. The van der Waals surface area contributed by atoms with E-state index in [0.29, 0.717) is 24.6 Å². The lowest BCUT2D eigenvalue weighted by atomic mass is 10.2. The average molecular weight is 236 g/mol. The molecule has 0 radical (unpaired) electrons. The number of carbonyl (C=O) groups excluding carboxylic acids is 1. The molecule has 1 amide bonds. The van der Waals surface area contributed by atoms with Crippen LogP contribution >= 0.6 is 0 Å². The van der Waals surface area contributed by atoms with Crippen LogP contribution in [0.15, 0.2) is 24.9 Å². The molecular weight excluding hydrogens is 220 g/mol. The Kier molecular flexibility index (Phi) is 5.00. The molecule has 0 aliphatic rings. The van der Waals surface area contributed by atoms with Gasteiger partial charge in [-0.1, -0.05) is 6.58 Å². The highest BCUT2D eigenvalue weighted by atomic mass is 16.5. The maximum atomic E-state index is 11.0. The van der Waals surface area contributed by atoms with Crippen molar-refractivity contribution >= 4 is 5.91 Å². The summed E-state index contributed by atoms with van der Waals surface area (Å²) in [7, 11) is 3.13. The number of carbonyl (C=O) groups is 1. The number of pyridine rings is 1. The number of aromatic nitrogens is 1. The Hall–Kier alpha value is -2.04. The lowest BCUT2D eigenvalue weighted by Gasteiger charge is -2.09. The van der Waals surface area contributed by atoms with Gasteiger partial charge < -0.3 is 14.8 Å². The standard InChI is InChI=1S/C12H16N2O3/c1-4-11(15)13-6-5-9-8-14-12(17-3)7-10(9)16-2/h4,7-8H,1,5-6H2,2-3H3,(H,13,15). The van der Waals surface area contributed by atoms with Crippen molar-refractivity contribution in [3.63, 3.8) is 0 Å². The van der Waals surface area contributed by atoms with Gasteiger partial charge in [0.25, 0.3) is 0 Å². The molecule has 0 spiro atoms. The van der Waals surface area contributed by atoms with Crippen LogP contribution in [-0.4, -0.2) is 31.7 Å². The van der Waals surface area contributed by atoms with Crippen LogP contribution in [0.2, 0.25) is 0 Å². The summed E-state index contributed by atoms with van der Waals surface area (Å²) in [4.78, 5) is 15.0. The molecule has 0 aliphatic carbocycles. The summed E-state index contributed by atoms with van der Waals surface area (Å²) in [6.45, 7) is 3.89. The fourth-order valence-corrected chi connectivity index (χ4v) is 1.33. The molecule has 17 heavy (non-hydrogen) atoms. The topological polar surface area (TPSA) is 60.5 Å². The molecule has 0 saturated heterocycles. The molecule has 1 aromatic rings. The first-order valence-electron chi connectivity index (χ1n) is 5.18. The first-order chi connectivity index (χ1) is 8.21. The molecule has 0 aliphatic heterocycles. The van der Waals surface area contributed by atoms with Gasteiger partial charge in [0.1, 0.15) is 5.75 Å². The Bertz CT molecular complexity index is 405. The predicted molar refractivity (Wildman–Crippen MR) is 64.3 cm³/mol. The number of nitrogens with zero attached hydrogens (tertiary/aromatic N) is 1. The van der Waals surface area contributed by atoms with Crippen molar-refractivity contribution in [1.82, 2.24) is 10.3 Å². The van der Waals surface area contributed by atoms with Gasteiger partial charge in [0.2, 0.25) is 11.8 Å². The number of methoxy groups -OCH3 is 2. The van der Waals surface area contributed by atoms with E-state index in [0.717, 1.165) is 5.56 Å². The van der Waals surface area contributed by atoms with Gasteiger partial charge in [-0.25, -0.2) is 4.98 Å². The van der Waals surface area contributed by atoms with E-state index in [1.807, 2.05) is 0 Å². The van der Waals surface area contributed by atoms with Crippen LogP contribution in [0.25, 0.3) is 0 Å². The largest absolute Gasteiger partial charge is 0.496 e. The van der Waals surface area contributed by atoms with E-state index in [9.17, 15) is 4.79 Å². The summed E-state index contributed by atoms with van der Waals surface area (Å²) in [5.41, 5.74) is 0.915. The summed E-state index contributed by atoms with van der Waals surface area (Å²) in [5, 5.41) is 2.69. The van der Waals surface area contributed by atoms with Crippen LogP contribution in [0.3, 0.4) is 0 Å². The fourth-order valence-electron chi connectivity index (χ4n) is 1.33. The van der Waals surface area contributed by atoms with Crippen LogP contribution in [0.5, 0.6) is 11.6 Å². The lowest BCUT2D eigenvalue weighted by Crippen LogP contribution is -2.23. The Morgan fingerprint density at radius 2 is 2.29 bits per heavy atom. The molecule has 0 fully saturated rings. The van der Waals surface area contributed by atoms with Crippen molar-refractivity contribution in [2.24, 2.45) is 0 Å². The van der Waals surface area contributed by atoms with Gasteiger partial charge in [-0.15, -0.1) is 0 Å². The Balaban J connectivity index is 2.64. The van der Waals surface area contributed by atoms with Crippen molar-refractivity contribution in [2.75, 3.05) is 20.8 Å². The zero-order valence-corrected chi connectivity index (χ0v) is 10.0. The van der Waals surface area contributed by atoms with Crippen LogP contribution in [-0.2, 0) is 11.2 Å². The SMILES string of the molecule is C=CC(=O)NCCc1cnc(OC)cc1OC. The summed E-state index contributed by atoms with van der Waals surface area (Å²) in [6, 6.07) is 1.71. The minimum absolute atomic E-state index is 0.189. The second kappa shape index (κ2) is 6.52. The predicted octanol–water partition coefficient (Wildman–Crippen LogP) is 0.943. The highest BCUT2D eigenvalue weighted by molar-refractivity contribution is 5.86. The first-order valence-corrected chi connectivity index (χ1v) is 5.18. The quantitative estimate of drug-likeness (QED) is 0.747. The minimum Gasteiger partial charge on any atom is -0.496 e. The smallest absolute Gasteiger partial charge is 0.243 e. The van der Waals surface area contributed by atoms with E-state index in [-0.39, 0.29) is 5.91 Å².